The summed E-state index contributed by atoms with van der Waals surface area (Å²) in [5.74, 6) is 0.0782. The quantitative estimate of drug-likeness (QED) is 0.822. The highest BCUT2D eigenvalue weighted by Crippen LogP contribution is 2.12. The number of piperidine rings is 1. The van der Waals surface area contributed by atoms with Crippen LogP contribution in [0.15, 0.2) is 30.3 Å². The maximum atomic E-state index is 12.1. The predicted molar refractivity (Wildman–Crippen MR) is 97.2 cm³/mol. The molecule has 0 radical (unpaired) electrons. The van der Waals surface area contributed by atoms with Crippen LogP contribution in [0.3, 0.4) is 0 Å². The minimum absolute atomic E-state index is 0.0782. The Morgan fingerprint density at radius 3 is 2.56 bits per heavy atom. The van der Waals surface area contributed by atoms with Crippen LogP contribution in [-0.2, 0) is 16.1 Å². The van der Waals surface area contributed by atoms with Crippen LogP contribution in [0.5, 0.6) is 0 Å². The molecule has 1 saturated heterocycles. The Bertz CT molecular complexity index is 542. The second kappa shape index (κ2) is 10.0. The van der Waals surface area contributed by atoms with Crippen molar-refractivity contribution in [1.29, 1.82) is 0 Å². The van der Waals surface area contributed by atoms with Gasteiger partial charge in [0.15, 0.2) is 0 Å². The maximum Gasteiger partial charge on any atom is 0.409 e. The smallest absolute Gasteiger partial charge is 0.409 e. The number of hydrogen-bond donors (Lipinski definition) is 1. The van der Waals surface area contributed by atoms with Crippen LogP contribution in [-0.4, -0.2) is 61.1 Å². The number of nitrogens with one attached hydrogen (secondary N) is 1. The lowest BCUT2D eigenvalue weighted by atomic mass is 10.1. The first-order valence-electron chi connectivity index (χ1n) is 9.02. The van der Waals surface area contributed by atoms with E-state index in [1.807, 2.05) is 25.2 Å². The lowest BCUT2D eigenvalue weighted by Gasteiger charge is -2.31. The van der Waals surface area contributed by atoms with E-state index in [0.29, 0.717) is 26.1 Å². The highest BCUT2D eigenvalue weighted by Gasteiger charge is 2.24. The molecule has 1 N–H and O–H groups in total. The molecule has 1 aliphatic heterocycles. The van der Waals surface area contributed by atoms with E-state index in [1.165, 1.54) is 5.56 Å². The van der Waals surface area contributed by atoms with Gasteiger partial charge in [0, 0.05) is 38.6 Å². The van der Waals surface area contributed by atoms with Gasteiger partial charge in [-0.1, -0.05) is 30.3 Å². The third kappa shape index (κ3) is 6.74. The molecule has 0 unspecified atom stereocenters. The summed E-state index contributed by atoms with van der Waals surface area (Å²) in [5.41, 5.74) is 1.25. The van der Waals surface area contributed by atoms with Gasteiger partial charge in [-0.3, -0.25) is 4.79 Å². The molecule has 2 rings (SSSR count). The molecule has 6 nitrogen and oxygen atoms in total. The first kappa shape index (κ1) is 19.2. The molecule has 0 aromatic heterocycles. The Kier molecular flexibility index (Phi) is 7.73. The summed E-state index contributed by atoms with van der Waals surface area (Å²) in [4.78, 5) is 27.7. The normalized spacial score (nSPS) is 15.2. The molecule has 1 heterocycles. The van der Waals surface area contributed by atoms with Crippen molar-refractivity contribution in [1.82, 2.24) is 15.1 Å². The van der Waals surface area contributed by atoms with Gasteiger partial charge >= 0.3 is 6.09 Å². The molecule has 1 aromatic rings. The third-order valence-corrected chi connectivity index (χ3v) is 4.40. The molecule has 6 heteroatoms. The van der Waals surface area contributed by atoms with Crippen molar-refractivity contribution in [3.05, 3.63) is 35.9 Å². The topological polar surface area (TPSA) is 61.9 Å². The van der Waals surface area contributed by atoms with E-state index in [9.17, 15) is 9.59 Å². The number of benzene rings is 1. The van der Waals surface area contributed by atoms with Crippen LogP contribution in [0.25, 0.3) is 0 Å². The lowest BCUT2D eigenvalue weighted by molar-refractivity contribution is -0.122. The largest absolute Gasteiger partial charge is 0.450 e. The fraction of sp³-hybridized carbons (Fsp3) is 0.579. The maximum absolute atomic E-state index is 12.1. The van der Waals surface area contributed by atoms with Crippen LogP contribution >= 0.6 is 0 Å². The molecule has 25 heavy (non-hydrogen) atoms. The van der Waals surface area contributed by atoms with Crippen LogP contribution < -0.4 is 5.32 Å². The van der Waals surface area contributed by atoms with Gasteiger partial charge in [0.05, 0.1) is 6.61 Å². The van der Waals surface area contributed by atoms with Crippen molar-refractivity contribution in [2.75, 3.05) is 33.3 Å². The van der Waals surface area contributed by atoms with Crippen molar-refractivity contribution < 1.29 is 14.3 Å². The molecule has 0 saturated carbocycles. The average Bonchev–Trinajstić information content (AvgIpc) is 2.62. The highest BCUT2D eigenvalue weighted by atomic mass is 16.6. The van der Waals surface area contributed by atoms with E-state index < -0.39 is 0 Å². The van der Waals surface area contributed by atoms with E-state index in [2.05, 4.69) is 22.3 Å². The van der Waals surface area contributed by atoms with E-state index in [4.69, 9.17) is 4.74 Å². The lowest BCUT2D eigenvalue weighted by Crippen LogP contribution is -2.47. The molecular formula is C19H29N3O3. The molecular weight excluding hydrogens is 318 g/mol. The molecule has 138 valence electrons. The van der Waals surface area contributed by atoms with Crippen LogP contribution in [0.4, 0.5) is 4.79 Å². The van der Waals surface area contributed by atoms with Gasteiger partial charge in [-0.15, -0.1) is 0 Å². The van der Waals surface area contributed by atoms with Crippen LogP contribution in [0, 0.1) is 0 Å². The predicted octanol–water partition coefficient (Wildman–Crippen LogP) is 2.25. The van der Waals surface area contributed by atoms with Crippen molar-refractivity contribution in [2.24, 2.45) is 0 Å². The van der Waals surface area contributed by atoms with Gasteiger partial charge < -0.3 is 19.9 Å². The Balaban J connectivity index is 1.63. The van der Waals surface area contributed by atoms with E-state index in [1.54, 1.807) is 11.8 Å². The number of hydrogen-bond acceptors (Lipinski definition) is 4. The van der Waals surface area contributed by atoms with Crippen molar-refractivity contribution in [2.45, 2.75) is 38.8 Å². The minimum atomic E-state index is -0.255. The van der Waals surface area contributed by atoms with Crippen molar-refractivity contribution in [3.8, 4) is 0 Å². The Labute approximate surface area is 150 Å². The SMILES string of the molecule is CCOC(=O)N1CCC(NC(=O)CCN(C)Cc2ccccc2)CC1. The average molecular weight is 347 g/mol. The number of likely N-dealkylation sites (tertiary alicyclic amines) is 1. The Morgan fingerprint density at radius 1 is 1.24 bits per heavy atom. The number of nitrogens with zero attached hydrogens (tertiary/aromatic N) is 2. The summed E-state index contributed by atoms with van der Waals surface area (Å²) >= 11 is 0. The monoisotopic (exact) mass is 347 g/mol. The zero-order valence-electron chi connectivity index (χ0n) is 15.2. The molecule has 0 aliphatic carbocycles. The summed E-state index contributed by atoms with van der Waals surface area (Å²) in [6, 6.07) is 10.4. The van der Waals surface area contributed by atoms with Gasteiger partial charge in [-0.2, -0.15) is 0 Å². The zero-order valence-corrected chi connectivity index (χ0v) is 15.2. The zero-order chi connectivity index (χ0) is 18.1. The fourth-order valence-corrected chi connectivity index (χ4v) is 2.99. The van der Waals surface area contributed by atoms with E-state index in [0.717, 1.165) is 25.9 Å². The minimum Gasteiger partial charge on any atom is -0.450 e. The highest BCUT2D eigenvalue weighted by molar-refractivity contribution is 5.76. The summed E-state index contributed by atoms with van der Waals surface area (Å²) in [6.45, 7) is 5.04. The van der Waals surface area contributed by atoms with Gasteiger partial charge in [0.1, 0.15) is 0 Å². The second-order valence-electron chi connectivity index (χ2n) is 6.50. The number of carbonyl (C=O) groups is 2. The summed E-state index contributed by atoms with van der Waals surface area (Å²) in [6.07, 6.45) is 1.80. The Hall–Kier alpha value is -2.08. The fourth-order valence-electron chi connectivity index (χ4n) is 2.99. The standard InChI is InChI=1S/C19H29N3O3/c1-3-25-19(24)22-13-9-17(10-14-22)20-18(23)11-12-21(2)15-16-7-5-4-6-8-16/h4-8,17H,3,9-15H2,1-2H3,(H,20,23). The Morgan fingerprint density at radius 2 is 1.92 bits per heavy atom. The molecule has 1 aromatic carbocycles. The van der Waals surface area contributed by atoms with Gasteiger partial charge in [-0.25, -0.2) is 4.79 Å². The second-order valence-corrected chi connectivity index (χ2v) is 6.50. The van der Waals surface area contributed by atoms with E-state index >= 15 is 0 Å². The number of amides is 2. The van der Waals surface area contributed by atoms with Gasteiger partial charge in [0.25, 0.3) is 0 Å². The third-order valence-electron chi connectivity index (χ3n) is 4.40. The molecule has 0 atom stereocenters. The van der Waals surface area contributed by atoms with Crippen LogP contribution in [0.1, 0.15) is 31.7 Å². The summed E-state index contributed by atoms with van der Waals surface area (Å²) in [7, 11) is 2.03. The van der Waals surface area contributed by atoms with Crippen molar-refractivity contribution in [3.63, 3.8) is 0 Å². The van der Waals surface area contributed by atoms with Gasteiger partial charge in [0.2, 0.25) is 5.91 Å². The van der Waals surface area contributed by atoms with Crippen LogP contribution in [0.2, 0.25) is 0 Å². The van der Waals surface area contributed by atoms with Gasteiger partial charge in [-0.05, 0) is 32.4 Å². The number of ether oxygens (including phenoxy) is 1. The van der Waals surface area contributed by atoms with Crippen molar-refractivity contribution >= 4 is 12.0 Å². The number of carbonyl (C=O) groups excluding carboxylic acids is 2. The van der Waals surface area contributed by atoms with E-state index in [-0.39, 0.29) is 18.0 Å². The first-order chi connectivity index (χ1) is 12.1. The summed E-state index contributed by atoms with van der Waals surface area (Å²) < 4.78 is 5.01. The molecule has 2 amide bonds. The molecule has 1 fully saturated rings. The molecule has 0 spiro atoms. The molecule has 0 bridgehead atoms. The molecule has 1 aliphatic rings. The summed E-state index contributed by atoms with van der Waals surface area (Å²) in [5, 5.41) is 3.09. The number of rotatable bonds is 7. The first-order valence-corrected chi connectivity index (χ1v) is 9.02.